The van der Waals surface area contributed by atoms with E-state index < -0.39 is 0 Å². The molecule has 0 aliphatic carbocycles. The van der Waals surface area contributed by atoms with Crippen molar-refractivity contribution in [1.29, 1.82) is 0 Å². The molecule has 1 amide bonds. The molecule has 1 N–H and O–H groups in total. The van der Waals surface area contributed by atoms with E-state index in [0.29, 0.717) is 11.4 Å². The number of halogens is 1. The molecule has 7 heteroatoms. The van der Waals surface area contributed by atoms with Crippen LogP contribution in [0.2, 0.25) is 0 Å². The predicted molar refractivity (Wildman–Crippen MR) is 113 cm³/mol. The molecule has 0 radical (unpaired) electrons. The molecule has 0 fully saturated rings. The maximum atomic E-state index is 12.6. The monoisotopic (exact) mass is 440 g/mol. The summed E-state index contributed by atoms with van der Waals surface area (Å²) in [6.07, 6.45) is 0. The topological polar surface area (TPSA) is 59.8 Å². The van der Waals surface area contributed by atoms with Gasteiger partial charge in [-0.15, -0.1) is 0 Å². The second kappa shape index (κ2) is 6.90. The van der Waals surface area contributed by atoms with Gasteiger partial charge in [0.2, 0.25) is 5.13 Å². The first-order valence-corrected chi connectivity index (χ1v) is 10.0. The van der Waals surface area contributed by atoms with Crippen molar-refractivity contribution in [3.63, 3.8) is 0 Å². The number of hydrogen-bond acceptors (Lipinski definition) is 4. The zero-order valence-corrected chi connectivity index (χ0v) is 17.5. The fourth-order valence-corrected chi connectivity index (χ4v) is 4.06. The minimum Gasteiger partial charge on any atom is -0.306 e. The zero-order chi connectivity index (χ0) is 19.1. The number of fused-ring (bicyclic) bond motifs is 1. The molecule has 0 aliphatic rings. The van der Waals surface area contributed by atoms with Crippen molar-refractivity contribution in [1.82, 2.24) is 14.8 Å². The van der Waals surface area contributed by atoms with Gasteiger partial charge in [-0.25, -0.2) is 4.98 Å². The Kier molecular flexibility index (Phi) is 4.57. The van der Waals surface area contributed by atoms with Gasteiger partial charge in [0.05, 0.1) is 15.9 Å². The molecule has 5 nitrogen and oxygen atoms in total. The van der Waals surface area contributed by atoms with Gasteiger partial charge in [0.1, 0.15) is 5.82 Å². The molecule has 0 bridgehead atoms. The fourth-order valence-electron chi connectivity index (χ4n) is 2.78. The summed E-state index contributed by atoms with van der Waals surface area (Å²) in [5, 5.41) is 8.20. The van der Waals surface area contributed by atoms with E-state index in [1.807, 2.05) is 25.1 Å². The number of thiazole rings is 1. The van der Waals surface area contributed by atoms with Crippen LogP contribution >= 0.6 is 27.3 Å². The first-order valence-electron chi connectivity index (χ1n) is 8.42. The Morgan fingerprint density at radius 1 is 1.07 bits per heavy atom. The summed E-state index contributed by atoms with van der Waals surface area (Å²) in [7, 11) is 0. The lowest BCUT2D eigenvalue weighted by molar-refractivity contribution is 0.102. The number of rotatable bonds is 3. The Bertz CT molecular complexity index is 1120. The second-order valence-corrected chi connectivity index (χ2v) is 8.37. The van der Waals surface area contributed by atoms with Gasteiger partial charge in [0.15, 0.2) is 0 Å². The number of nitrogens with zero attached hydrogens (tertiary/aromatic N) is 3. The van der Waals surface area contributed by atoms with E-state index in [0.717, 1.165) is 25.5 Å². The minimum atomic E-state index is -0.184. The van der Waals surface area contributed by atoms with E-state index in [-0.39, 0.29) is 5.91 Å². The predicted octanol–water partition coefficient (Wildman–Crippen LogP) is 5.42. The van der Waals surface area contributed by atoms with Gasteiger partial charge in [-0.3, -0.25) is 4.79 Å². The third-order valence-corrected chi connectivity index (χ3v) is 5.88. The van der Waals surface area contributed by atoms with Gasteiger partial charge in [0, 0.05) is 16.1 Å². The number of benzene rings is 2. The molecule has 0 saturated heterocycles. The summed E-state index contributed by atoms with van der Waals surface area (Å²) in [5.41, 5.74) is 4.78. The maximum absolute atomic E-state index is 12.6. The normalized spacial score (nSPS) is 11.1. The van der Waals surface area contributed by atoms with Crippen molar-refractivity contribution in [3.8, 4) is 5.13 Å². The van der Waals surface area contributed by atoms with Crippen LogP contribution in [0.3, 0.4) is 0 Å². The van der Waals surface area contributed by atoms with Crippen LogP contribution in [0.15, 0.2) is 46.9 Å². The Balaban J connectivity index is 1.70. The lowest BCUT2D eigenvalue weighted by atomic mass is 10.1. The van der Waals surface area contributed by atoms with Crippen LogP contribution in [0, 0.1) is 20.8 Å². The van der Waals surface area contributed by atoms with Crippen molar-refractivity contribution < 1.29 is 4.79 Å². The number of carbonyl (C=O) groups is 1. The smallest absolute Gasteiger partial charge is 0.256 e. The van der Waals surface area contributed by atoms with Crippen molar-refractivity contribution in [2.75, 3.05) is 5.32 Å². The SMILES string of the molecule is Cc1cc(NC(=O)c2ccc(Br)cc2)n(-c2nc3cc(C)c(C)cc3s2)n1. The molecule has 2 heterocycles. The van der Waals surface area contributed by atoms with Crippen molar-refractivity contribution >= 4 is 49.2 Å². The molecular weight excluding hydrogens is 424 g/mol. The highest BCUT2D eigenvalue weighted by Gasteiger charge is 2.16. The molecule has 0 atom stereocenters. The zero-order valence-electron chi connectivity index (χ0n) is 15.1. The van der Waals surface area contributed by atoms with Crippen molar-refractivity contribution in [2.45, 2.75) is 20.8 Å². The maximum Gasteiger partial charge on any atom is 0.256 e. The van der Waals surface area contributed by atoms with Crippen LogP contribution in [-0.2, 0) is 0 Å². The van der Waals surface area contributed by atoms with Crippen molar-refractivity contribution in [3.05, 3.63) is 69.3 Å². The first kappa shape index (κ1) is 17.9. The number of amides is 1. The molecule has 0 spiro atoms. The lowest BCUT2D eigenvalue weighted by Gasteiger charge is -2.06. The quantitative estimate of drug-likeness (QED) is 0.462. The summed E-state index contributed by atoms with van der Waals surface area (Å²) in [6.45, 7) is 6.07. The van der Waals surface area contributed by atoms with Gasteiger partial charge in [-0.1, -0.05) is 27.3 Å². The molecule has 0 saturated carbocycles. The van der Waals surface area contributed by atoms with Crippen LogP contribution < -0.4 is 5.32 Å². The standard InChI is InChI=1S/C20H17BrN4OS/c1-11-8-16-17(9-12(11)2)27-20(22-16)25-18(10-13(3)24-25)23-19(26)14-4-6-15(21)7-5-14/h4-10H,1-3H3,(H,23,26). The van der Waals surface area contributed by atoms with E-state index >= 15 is 0 Å². The highest BCUT2D eigenvalue weighted by molar-refractivity contribution is 9.10. The highest BCUT2D eigenvalue weighted by atomic mass is 79.9. The van der Waals surface area contributed by atoms with Crippen molar-refractivity contribution in [2.24, 2.45) is 0 Å². The molecule has 27 heavy (non-hydrogen) atoms. The van der Waals surface area contributed by atoms with Gasteiger partial charge in [-0.05, 0) is 68.3 Å². The summed E-state index contributed by atoms with van der Waals surface area (Å²) in [6, 6.07) is 13.3. The molecular formula is C20H17BrN4OS. The van der Waals surface area contributed by atoms with E-state index in [1.165, 1.54) is 11.1 Å². The molecule has 4 rings (SSSR count). The van der Waals surface area contributed by atoms with Crippen LogP contribution in [0.1, 0.15) is 27.2 Å². The lowest BCUT2D eigenvalue weighted by Crippen LogP contribution is -2.15. The Labute approximate surface area is 169 Å². The molecule has 0 aliphatic heterocycles. The van der Waals surface area contributed by atoms with Crippen LogP contribution in [-0.4, -0.2) is 20.7 Å². The van der Waals surface area contributed by atoms with Gasteiger partial charge in [-0.2, -0.15) is 9.78 Å². The number of nitrogens with one attached hydrogen (secondary N) is 1. The first-order chi connectivity index (χ1) is 12.9. The number of anilines is 1. The third kappa shape index (κ3) is 3.52. The Morgan fingerprint density at radius 2 is 1.78 bits per heavy atom. The number of aromatic nitrogens is 3. The van der Waals surface area contributed by atoms with E-state index in [4.69, 9.17) is 4.98 Å². The third-order valence-electron chi connectivity index (χ3n) is 4.35. The molecule has 136 valence electrons. The molecule has 0 unspecified atom stereocenters. The summed E-state index contributed by atoms with van der Waals surface area (Å²) in [5.74, 6) is 0.421. The number of aryl methyl sites for hydroxylation is 3. The van der Waals surface area contributed by atoms with Gasteiger partial charge < -0.3 is 5.32 Å². The average Bonchev–Trinajstić information content (AvgIpc) is 3.18. The van der Waals surface area contributed by atoms with Gasteiger partial charge in [0.25, 0.3) is 5.91 Å². The minimum absolute atomic E-state index is 0.184. The Hall–Kier alpha value is -2.51. The van der Waals surface area contributed by atoms with E-state index in [2.05, 4.69) is 52.3 Å². The summed E-state index contributed by atoms with van der Waals surface area (Å²) < 4.78 is 3.73. The number of carbonyl (C=O) groups excluding carboxylic acids is 1. The number of hydrogen-bond donors (Lipinski definition) is 1. The molecule has 4 aromatic rings. The summed E-state index contributed by atoms with van der Waals surface area (Å²) in [4.78, 5) is 17.3. The van der Waals surface area contributed by atoms with Crippen LogP contribution in [0.5, 0.6) is 0 Å². The largest absolute Gasteiger partial charge is 0.306 e. The molecule has 2 aromatic carbocycles. The van der Waals surface area contributed by atoms with Crippen LogP contribution in [0.4, 0.5) is 5.82 Å². The summed E-state index contributed by atoms with van der Waals surface area (Å²) >= 11 is 4.94. The van der Waals surface area contributed by atoms with Crippen LogP contribution in [0.25, 0.3) is 15.3 Å². The van der Waals surface area contributed by atoms with E-state index in [1.54, 1.807) is 28.2 Å². The second-order valence-electron chi connectivity index (χ2n) is 6.44. The molecule has 2 aromatic heterocycles. The fraction of sp³-hybridized carbons (Fsp3) is 0.150. The Morgan fingerprint density at radius 3 is 2.52 bits per heavy atom. The van der Waals surface area contributed by atoms with Gasteiger partial charge >= 0.3 is 0 Å². The van der Waals surface area contributed by atoms with E-state index in [9.17, 15) is 4.79 Å². The average molecular weight is 441 g/mol. The highest BCUT2D eigenvalue weighted by Crippen LogP contribution is 2.29.